The number of amides is 3. The highest BCUT2D eigenvalue weighted by Crippen LogP contribution is 2.16. The molecule has 0 saturated carbocycles. The summed E-state index contributed by atoms with van der Waals surface area (Å²) in [5, 5.41) is 16.2. The number of esters is 1. The lowest BCUT2D eigenvalue weighted by Gasteiger charge is -2.08. The van der Waals surface area contributed by atoms with Crippen molar-refractivity contribution in [3.8, 4) is 0 Å². The first kappa shape index (κ1) is 18.8. The first-order valence-corrected chi connectivity index (χ1v) is 7.93. The third-order valence-corrected chi connectivity index (χ3v) is 3.47. The predicted octanol–water partition coefficient (Wildman–Crippen LogP) is 0.537. The molecule has 3 amide bonds. The number of rotatable bonds is 8. The van der Waals surface area contributed by atoms with Crippen molar-refractivity contribution in [2.24, 2.45) is 5.92 Å². The lowest BCUT2D eigenvalue weighted by molar-refractivity contribution is -0.140. The molecule has 9 nitrogen and oxygen atoms in total. The molecule has 0 atom stereocenters. The summed E-state index contributed by atoms with van der Waals surface area (Å²) < 4.78 is 4.53. The average Bonchev–Trinajstić information content (AvgIpc) is 2.95. The first-order chi connectivity index (χ1) is 10.9. The quantitative estimate of drug-likeness (QED) is 0.592. The number of hydrogen-bond donors (Lipinski definition) is 3. The Labute approximate surface area is 138 Å². The van der Waals surface area contributed by atoms with Crippen LogP contribution in [-0.4, -0.2) is 48.3 Å². The Morgan fingerprint density at radius 3 is 2.61 bits per heavy atom. The lowest BCUT2D eigenvalue weighted by atomic mass is 10.2. The maximum atomic E-state index is 11.6. The third-order valence-electron chi connectivity index (χ3n) is 2.57. The second kappa shape index (κ2) is 9.72. The molecule has 1 aromatic heterocycles. The summed E-state index contributed by atoms with van der Waals surface area (Å²) in [4.78, 5) is 34.1. The SMILES string of the molecule is COC(=O)CCc1nnc(NC(=O)NCC(=O)NCC(C)C)s1. The summed E-state index contributed by atoms with van der Waals surface area (Å²) in [6, 6.07) is -0.541. The summed E-state index contributed by atoms with van der Waals surface area (Å²) in [6.45, 7) is 4.40. The lowest BCUT2D eigenvalue weighted by Crippen LogP contribution is -2.39. The zero-order chi connectivity index (χ0) is 17.2. The number of urea groups is 1. The van der Waals surface area contributed by atoms with Gasteiger partial charge in [-0.15, -0.1) is 10.2 Å². The van der Waals surface area contributed by atoms with Gasteiger partial charge in [-0.05, 0) is 5.92 Å². The van der Waals surface area contributed by atoms with E-state index >= 15 is 0 Å². The minimum absolute atomic E-state index is 0.118. The zero-order valence-electron chi connectivity index (χ0n) is 13.3. The second-order valence-electron chi connectivity index (χ2n) is 5.08. The first-order valence-electron chi connectivity index (χ1n) is 7.11. The van der Waals surface area contributed by atoms with Crippen LogP contribution < -0.4 is 16.0 Å². The van der Waals surface area contributed by atoms with Crippen molar-refractivity contribution < 1.29 is 19.1 Å². The summed E-state index contributed by atoms with van der Waals surface area (Å²) in [5.74, 6) is -0.248. The highest BCUT2D eigenvalue weighted by molar-refractivity contribution is 7.15. The molecular formula is C13H21N5O4S. The highest BCUT2D eigenvalue weighted by atomic mass is 32.1. The van der Waals surface area contributed by atoms with Gasteiger partial charge in [-0.1, -0.05) is 25.2 Å². The third kappa shape index (κ3) is 8.10. The molecule has 0 saturated heterocycles. The van der Waals surface area contributed by atoms with Gasteiger partial charge in [-0.25, -0.2) is 4.79 Å². The van der Waals surface area contributed by atoms with Gasteiger partial charge in [0, 0.05) is 13.0 Å². The number of anilines is 1. The van der Waals surface area contributed by atoms with Gasteiger partial charge in [0.05, 0.1) is 20.1 Å². The molecule has 128 valence electrons. The maximum absolute atomic E-state index is 11.6. The molecule has 1 aromatic rings. The Balaban J connectivity index is 2.30. The minimum atomic E-state index is -0.541. The van der Waals surface area contributed by atoms with Gasteiger partial charge < -0.3 is 15.4 Å². The Kier molecular flexibility index (Phi) is 7.95. The van der Waals surface area contributed by atoms with Gasteiger partial charge in [0.2, 0.25) is 11.0 Å². The number of hydrogen-bond acceptors (Lipinski definition) is 7. The number of aromatic nitrogens is 2. The molecule has 0 bridgehead atoms. The molecule has 0 fully saturated rings. The van der Waals surface area contributed by atoms with E-state index in [0.717, 1.165) is 11.3 Å². The molecule has 1 rings (SSSR count). The van der Waals surface area contributed by atoms with Crippen LogP contribution in [0.4, 0.5) is 9.93 Å². The number of carbonyl (C=O) groups is 3. The fourth-order valence-electron chi connectivity index (χ4n) is 1.40. The molecule has 0 spiro atoms. The molecule has 23 heavy (non-hydrogen) atoms. The normalized spacial score (nSPS) is 10.3. The van der Waals surface area contributed by atoms with Crippen LogP contribution in [0.25, 0.3) is 0 Å². The molecule has 0 radical (unpaired) electrons. The van der Waals surface area contributed by atoms with Crippen LogP contribution in [0.2, 0.25) is 0 Å². The Hall–Kier alpha value is -2.23. The Morgan fingerprint density at radius 1 is 1.22 bits per heavy atom. The molecule has 0 unspecified atom stereocenters. The van der Waals surface area contributed by atoms with Crippen molar-refractivity contribution in [1.82, 2.24) is 20.8 Å². The van der Waals surface area contributed by atoms with E-state index in [1.165, 1.54) is 7.11 Å². The minimum Gasteiger partial charge on any atom is -0.469 e. The van der Waals surface area contributed by atoms with E-state index in [2.05, 4.69) is 30.9 Å². The molecule has 0 aliphatic carbocycles. The van der Waals surface area contributed by atoms with E-state index in [1.807, 2.05) is 13.8 Å². The molecule has 0 aliphatic heterocycles. The van der Waals surface area contributed by atoms with Gasteiger partial charge >= 0.3 is 12.0 Å². The predicted molar refractivity (Wildman–Crippen MR) is 85.1 cm³/mol. The maximum Gasteiger partial charge on any atom is 0.321 e. The highest BCUT2D eigenvalue weighted by Gasteiger charge is 2.11. The molecule has 1 heterocycles. The van der Waals surface area contributed by atoms with E-state index in [-0.39, 0.29) is 24.8 Å². The van der Waals surface area contributed by atoms with Crippen LogP contribution in [0, 0.1) is 5.92 Å². The molecular weight excluding hydrogens is 322 g/mol. The van der Waals surface area contributed by atoms with Crippen LogP contribution >= 0.6 is 11.3 Å². The van der Waals surface area contributed by atoms with Gasteiger partial charge in [0.1, 0.15) is 5.01 Å². The number of aryl methyl sites for hydroxylation is 1. The van der Waals surface area contributed by atoms with Crippen molar-refractivity contribution in [3.63, 3.8) is 0 Å². The van der Waals surface area contributed by atoms with Crippen LogP contribution in [0.15, 0.2) is 0 Å². The van der Waals surface area contributed by atoms with Crippen LogP contribution in [-0.2, 0) is 20.7 Å². The standard InChI is InChI=1S/C13H21N5O4S/c1-8(2)6-14-9(19)7-15-12(21)16-13-18-17-10(23-13)4-5-11(20)22-3/h8H,4-7H2,1-3H3,(H,14,19)(H2,15,16,18,21). The van der Waals surface area contributed by atoms with E-state index in [1.54, 1.807) is 0 Å². The van der Waals surface area contributed by atoms with Crippen LogP contribution in [0.1, 0.15) is 25.3 Å². The Morgan fingerprint density at radius 2 is 1.96 bits per heavy atom. The summed E-state index contributed by atoms with van der Waals surface area (Å²) in [6.07, 6.45) is 0.596. The number of nitrogens with zero attached hydrogens (tertiary/aromatic N) is 2. The van der Waals surface area contributed by atoms with Gasteiger partial charge in [-0.2, -0.15) is 0 Å². The van der Waals surface area contributed by atoms with Crippen molar-refractivity contribution in [2.75, 3.05) is 25.5 Å². The van der Waals surface area contributed by atoms with Gasteiger partial charge in [0.25, 0.3) is 0 Å². The molecule has 0 aromatic carbocycles. The zero-order valence-corrected chi connectivity index (χ0v) is 14.2. The van der Waals surface area contributed by atoms with Crippen molar-refractivity contribution in [3.05, 3.63) is 5.01 Å². The van der Waals surface area contributed by atoms with E-state index in [4.69, 9.17) is 0 Å². The van der Waals surface area contributed by atoms with Crippen molar-refractivity contribution in [1.29, 1.82) is 0 Å². The van der Waals surface area contributed by atoms with E-state index in [0.29, 0.717) is 29.0 Å². The van der Waals surface area contributed by atoms with Crippen molar-refractivity contribution in [2.45, 2.75) is 26.7 Å². The summed E-state index contributed by atoms with van der Waals surface area (Å²) in [7, 11) is 1.32. The fourth-order valence-corrected chi connectivity index (χ4v) is 2.13. The second-order valence-corrected chi connectivity index (χ2v) is 6.14. The topological polar surface area (TPSA) is 122 Å². The molecule has 3 N–H and O–H groups in total. The fraction of sp³-hybridized carbons (Fsp3) is 0.615. The van der Waals surface area contributed by atoms with E-state index < -0.39 is 6.03 Å². The van der Waals surface area contributed by atoms with Gasteiger partial charge in [-0.3, -0.25) is 14.9 Å². The largest absolute Gasteiger partial charge is 0.469 e. The van der Waals surface area contributed by atoms with Crippen molar-refractivity contribution >= 4 is 34.4 Å². The smallest absolute Gasteiger partial charge is 0.321 e. The summed E-state index contributed by atoms with van der Waals surface area (Å²) >= 11 is 1.16. The number of methoxy groups -OCH3 is 1. The van der Waals surface area contributed by atoms with Crippen LogP contribution in [0.3, 0.4) is 0 Å². The number of carbonyl (C=O) groups excluding carboxylic acids is 3. The monoisotopic (exact) mass is 343 g/mol. The summed E-state index contributed by atoms with van der Waals surface area (Å²) in [5.41, 5.74) is 0. The molecule has 10 heteroatoms. The average molecular weight is 343 g/mol. The van der Waals surface area contributed by atoms with E-state index in [9.17, 15) is 14.4 Å². The molecule has 0 aliphatic rings. The number of nitrogens with one attached hydrogen (secondary N) is 3. The Bertz CT molecular complexity index is 546. The van der Waals surface area contributed by atoms with Crippen LogP contribution in [0.5, 0.6) is 0 Å². The van der Waals surface area contributed by atoms with Gasteiger partial charge in [0.15, 0.2) is 0 Å². The number of ether oxygens (including phenoxy) is 1.